The van der Waals surface area contributed by atoms with E-state index in [9.17, 15) is 4.79 Å². The molecule has 0 spiro atoms. The van der Waals surface area contributed by atoms with Gasteiger partial charge < -0.3 is 9.64 Å². The lowest BCUT2D eigenvalue weighted by atomic mass is 10.0. The third kappa shape index (κ3) is 3.80. The van der Waals surface area contributed by atoms with Crippen LogP contribution in [-0.4, -0.2) is 36.1 Å². The van der Waals surface area contributed by atoms with Crippen molar-refractivity contribution < 1.29 is 9.53 Å². The van der Waals surface area contributed by atoms with Crippen LogP contribution >= 0.6 is 0 Å². The number of hydrogen-bond acceptors (Lipinski definition) is 2. The highest BCUT2D eigenvalue weighted by Crippen LogP contribution is 2.19. The van der Waals surface area contributed by atoms with Crippen LogP contribution in [0.3, 0.4) is 0 Å². The quantitative estimate of drug-likeness (QED) is 0.869. The van der Waals surface area contributed by atoms with Gasteiger partial charge in [0.05, 0.1) is 18.8 Å². The molecule has 0 N–H and O–H groups in total. The molecule has 1 heterocycles. The van der Waals surface area contributed by atoms with Crippen molar-refractivity contribution in [3.05, 3.63) is 71.3 Å². The van der Waals surface area contributed by atoms with Crippen molar-refractivity contribution in [3.8, 4) is 0 Å². The van der Waals surface area contributed by atoms with Gasteiger partial charge in [-0.05, 0) is 31.5 Å². The second kappa shape index (κ2) is 6.97. The van der Waals surface area contributed by atoms with Gasteiger partial charge in [-0.25, -0.2) is 0 Å². The van der Waals surface area contributed by atoms with Crippen molar-refractivity contribution in [1.82, 2.24) is 4.90 Å². The molecule has 3 rings (SSSR count). The largest absolute Gasteiger partial charge is 0.374 e. The Labute approximate surface area is 137 Å². The number of carbonyl (C=O) groups excluding carboxylic acids is 1. The Hall–Kier alpha value is -2.13. The number of morpholine rings is 1. The van der Waals surface area contributed by atoms with E-state index < -0.39 is 0 Å². The van der Waals surface area contributed by atoms with Crippen molar-refractivity contribution in [2.24, 2.45) is 0 Å². The Morgan fingerprint density at radius 2 is 1.96 bits per heavy atom. The van der Waals surface area contributed by atoms with Crippen LogP contribution < -0.4 is 0 Å². The average Bonchev–Trinajstić information content (AvgIpc) is 2.57. The molecule has 23 heavy (non-hydrogen) atoms. The third-order valence-electron chi connectivity index (χ3n) is 4.34. The Balaban J connectivity index is 1.72. The Morgan fingerprint density at radius 3 is 2.70 bits per heavy atom. The van der Waals surface area contributed by atoms with Crippen molar-refractivity contribution >= 4 is 5.91 Å². The highest BCUT2D eigenvalue weighted by Gasteiger charge is 2.30. The van der Waals surface area contributed by atoms with Gasteiger partial charge >= 0.3 is 0 Å². The normalized spacial score (nSPS) is 21.2. The molecule has 1 aliphatic heterocycles. The van der Waals surface area contributed by atoms with Crippen molar-refractivity contribution in [2.75, 3.05) is 13.2 Å². The average molecular weight is 309 g/mol. The molecule has 0 radical (unpaired) electrons. The molecule has 3 nitrogen and oxygen atoms in total. The zero-order valence-electron chi connectivity index (χ0n) is 13.7. The summed E-state index contributed by atoms with van der Waals surface area (Å²) < 4.78 is 5.94. The summed E-state index contributed by atoms with van der Waals surface area (Å²) in [7, 11) is 0. The standard InChI is InChI=1S/C20H23NO2/c1-15-7-6-10-18(11-15)20(22)21-13-19(23-14-16(21)2)12-17-8-4-3-5-9-17/h3-11,16,19H,12-14H2,1-2H3. The Bertz CT molecular complexity index is 668. The highest BCUT2D eigenvalue weighted by atomic mass is 16.5. The molecule has 3 heteroatoms. The van der Waals surface area contributed by atoms with E-state index in [0.29, 0.717) is 13.2 Å². The molecule has 0 aromatic heterocycles. The number of amides is 1. The van der Waals surface area contributed by atoms with E-state index in [4.69, 9.17) is 4.74 Å². The molecule has 1 aliphatic rings. The zero-order valence-corrected chi connectivity index (χ0v) is 13.7. The van der Waals surface area contributed by atoms with Gasteiger partial charge in [0, 0.05) is 18.5 Å². The third-order valence-corrected chi connectivity index (χ3v) is 4.34. The monoisotopic (exact) mass is 309 g/mol. The van der Waals surface area contributed by atoms with Gasteiger partial charge in [0.1, 0.15) is 0 Å². The molecule has 2 aromatic carbocycles. The lowest BCUT2D eigenvalue weighted by Crippen LogP contribution is -2.51. The number of aryl methyl sites for hydroxylation is 1. The second-order valence-corrected chi connectivity index (χ2v) is 6.32. The van der Waals surface area contributed by atoms with Crippen LogP contribution in [0, 0.1) is 6.92 Å². The van der Waals surface area contributed by atoms with Gasteiger partial charge in [0.15, 0.2) is 0 Å². The maximum Gasteiger partial charge on any atom is 0.254 e. The van der Waals surface area contributed by atoms with E-state index in [1.54, 1.807) is 0 Å². The van der Waals surface area contributed by atoms with E-state index >= 15 is 0 Å². The lowest BCUT2D eigenvalue weighted by Gasteiger charge is -2.38. The molecule has 0 bridgehead atoms. The van der Waals surface area contributed by atoms with Crippen LogP contribution in [0.4, 0.5) is 0 Å². The van der Waals surface area contributed by atoms with Gasteiger partial charge in [-0.3, -0.25) is 4.79 Å². The molecule has 1 fully saturated rings. The number of benzene rings is 2. The van der Waals surface area contributed by atoms with Crippen LogP contribution in [0.25, 0.3) is 0 Å². The Kier molecular flexibility index (Phi) is 4.77. The summed E-state index contributed by atoms with van der Waals surface area (Å²) in [6, 6.07) is 18.2. The van der Waals surface area contributed by atoms with E-state index in [1.165, 1.54) is 5.56 Å². The fourth-order valence-corrected chi connectivity index (χ4v) is 3.04. The number of hydrogen-bond donors (Lipinski definition) is 0. The summed E-state index contributed by atoms with van der Waals surface area (Å²) in [4.78, 5) is 14.8. The summed E-state index contributed by atoms with van der Waals surface area (Å²) in [5.74, 6) is 0.0996. The molecule has 2 unspecified atom stereocenters. The van der Waals surface area contributed by atoms with Crippen LogP contribution in [0.2, 0.25) is 0 Å². The molecule has 2 aromatic rings. The summed E-state index contributed by atoms with van der Waals surface area (Å²) in [6.07, 6.45) is 0.896. The van der Waals surface area contributed by atoms with Crippen molar-refractivity contribution in [3.63, 3.8) is 0 Å². The smallest absolute Gasteiger partial charge is 0.254 e. The van der Waals surface area contributed by atoms with E-state index in [0.717, 1.165) is 17.5 Å². The second-order valence-electron chi connectivity index (χ2n) is 6.32. The van der Waals surface area contributed by atoms with Gasteiger partial charge in [-0.15, -0.1) is 0 Å². The molecular weight excluding hydrogens is 286 g/mol. The number of nitrogens with zero attached hydrogens (tertiary/aromatic N) is 1. The first-order valence-corrected chi connectivity index (χ1v) is 8.16. The molecule has 1 amide bonds. The van der Waals surface area contributed by atoms with E-state index in [-0.39, 0.29) is 18.1 Å². The lowest BCUT2D eigenvalue weighted by molar-refractivity contribution is -0.0464. The topological polar surface area (TPSA) is 29.5 Å². The summed E-state index contributed by atoms with van der Waals surface area (Å²) in [5.41, 5.74) is 3.12. The zero-order chi connectivity index (χ0) is 16.2. The highest BCUT2D eigenvalue weighted by molar-refractivity contribution is 5.94. The predicted molar refractivity (Wildman–Crippen MR) is 91.6 cm³/mol. The molecule has 1 saturated heterocycles. The summed E-state index contributed by atoms with van der Waals surface area (Å²) in [6.45, 7) is 5.29. The molecule has 2 atom stereocenters. The fourth-order valence-electron chi connectivity index (χ4n) is 3.04. The van der Waals surface area contributed by atoms with E-state index in [1.807, 2.05) is 61.2 Å². The summed E-state index contributed by atoms with van der Waals surface area (Å²) >= 11 is 0. The maximum absolute atomic E-state index is 12.8. The van der Waals surface area contributed by atoms with Crippen LogP contribution in [-0.2, 0) is 11.2 Å². The summed E-state index contributed by atoms with van der Waals surface area (Å²) in [5, 5.41) is 0. The number of carbonyl (C=O) groups is 1. The maximum atomic E-state index is 12.8. The molecular formula is C20H23NO2. The van der Waals surface area contributed by atoms with Crippen LogP contribution in [0.1, 0.15) is 28.4 Å². The van der Waals surface area contributed by atoms with Gasteiger partial charge in [-0.2, -0.15) is 0 Å². The van der Waals surface area contributed by atoms with Crippen molar-refractivity contribution in [2.45, 2.75) is 32.4 Å². The van der Waals surface area contributed by atoms with Gasteiger partial charge in [0.2, 0.25) is 0 Å². The van der Waals surface area contributed by atoms with Gasteiger partial charge in [0.25, 0.3) is 5.91 Å². The minimum absolute atomic E-state index is 0.0577. The van der Waals surface area contributed by atoms with E-state index in [2.05, 4.69) is 12.1 Å². The minimum atomic E-state index is 0.0577. The molecule has 120 valence electrons. The first kappa shape index (κ1) is 15.8. The number of ether oxygens (including phenoxy) is 1. The Morgan fingerprint density at radius 1 is 1.17 bits per heavy atom. The first-order chi connectivity index (χ1) is 11.1. The molecule has 0 aliphatic carbocycles. The SMILES string of the molecule is Cc1cccc(C(=O)N2CC(Cc3ccccc3)OCC2C)c1. The van der Waals surface area contributed by atoms with Crippen LogP contribution in [0.15, 0.2) is 54.6 Å². The first-order valence-electron chi connectivity index (χ1n) is 8.16. The van der Waals surface area contributed by atoms with Crippen molar-refractivity contribution in [1.29, 1.82) is 0 Å². The van der Waals surface area contributed by atoms with Gasteiger partial charge in [-0.1, -0.05) is 48.0 Å². The van der Waals surface area contributed by atoms with Crippen LogP contribution in [0.5, 0.6) is 0 Å². The predicted octanol–water partition coefficient (Wildman–Crippen LogP) is 3.47. The fraction of sp³-hybridized carbons (Fsp3) is 0.350. The molecule has 0 saturated carbocycles. The number of rotatable bonds is 3. The minimum Gasteiger partial charge on any atom is -0.374 e.